The number of hydrogen-bond donors (Lipinski definition) is 0. The van der Waals surface area contributed by atoms with Crippen LogP contribution < -0.4 is 10.6 Å². The van der Waals surface area contributed by atoms with Gasteiger partial charge in [-0.15, -0.1) is 0 Å². The summed E-state index contributed by atoms with van der Waals surface area (Å²) in [6.45, 7) is 3.12. The summed E-state index contributed by atoms with van der Waals surface area (Å²) in [6.07, 6.45) is 4.69. The van der Waals surface area contributed by atoms with Gasteiger partial charge in [0, 0.05) is 28.9 Å². The number of rotatable bonds is 4. The first-order chi connectivity index (χ1) is 12.2. The van der Waals surface area contributed by atoms with Crippen LogP contribution in [0.5, 0.6) is 0 Å². The molecular formula is C21H26NO2P. The van der Waals surface area contributed by atoms with Crippen molar-refractivity contribution < 1.29 is 9.40 Å². The zero-order chi connectivity index (χ0) is 17.3. The lowest BCUT2D eigenvalue weighted by Crippen LogP contribution is -2.34. The van der Waals surface area contributed by atoms with Crippen molar-refractivity contribution in [1.82, 2.24) is 5.06 Å². The number of nitrogens with zero attached hydrogens (tertiary/aromatic N) is 1. The third kappa shape index (κ3) is 3.10. The first kappa shape index (κ1) is 17.0. The molecule has 0 amide bonds. The molecule has 0 aromatic heterocycles. The number of hydroxylamine groups is 2. The summed E-state index contributed by atoms with van der Waals surface area (Å²) < 4.78 is 14.4. The molecule has 0 spiro atoms. The van der Waals surface area contributed by atoms with Crippen LogP contribution in [0.25, 0.3) is 0 Å². The molecule has 3 nitrogen and oxygen atoms in total. The normalized spacial score (nSPS) is 25.5. The number of fused-ring (bicyclic) bond motifs is 1. The molecule has 2 aliphatic heterocycles. The van der Waals surface area contributed by atoms with Gasteiger partial charge < -0.3 is 4.57 Å². The molecule has 2 heterocycles. The maximum atomic E-state index is 14.4. The van der Waals surface area contributed by atoms with E-state index in [1.165, 1.54) is 19.3 Å². The Labute approximate surface area is 150 Å². The van der Waals surface area contributed by atoms with Gasteiger partial charge in [-0.25, -0.2) is 0 Å². The Morgan fingerprint density at radius 3 is 2.16 bits per heavy atom. The number of hydrogen-bond acceptors (Lipinski definition) is 3. The van der Waals surface area contributed by atoms with Gasteiger partial charge in [-0.1, -0.05) is 74.0 Å². The molecule has 4 heteroatoms. The van der Waals surface area contributed by atoms with Crippen molar-refractivity contribution >= 4 is 17.8 Å². The molecule has 4 rings (SSSR count). The Kier molecular flexibility index (Phi) is 4.82. The van der Waals surface area contributed by atoms with Crippen LogP contribution in [0.3, 0.4) is 0 Å². The lowest BCUT2D eigenvalue weighted by atomic mass is 10.00. The van der Waals surface area contributed by atoms with Gasteiger partial charge in [0.1, 0.15) is 7.14 Å². The van der Waals surface area contributed by atoms with Crippen LogP contribution in [0.4, 0.5) is 0 Å². The van der Waals surface area contributed by atoms with E-state index in [2.05, 4.69) is 12.0 Å². The zero-order valence-electron chi connectivity index (χ0n) is 14.8. The molecule has 0 bridgehead atoms. The summed E-state index contributed by atoms with van der Waals surface area (Å²) >= 11 is 0. The summed E-state index contributed by atoms with van der Waals surface area (Å²) in [4.78, 5) is 6.28. The minimum Gasteiger partial charge on any atom is -0.313 e. The molecule has 0 aliphatic carbocycles. The summed E-state index contributed by atoms with van der Waals surface area (Å²) in [7, 11) is -2.77. The SMILES string of the molecule is C[C@@H]([C@@H]1C[C@H]2CCCCN2O1)P(=O)(c1ccccc1)c1ccccc1. The van der Waals surface area contributed by atoms with Gasteiger partial charge in [0.15, 0.2) is 0 Å². The van der Waals surface area contributed by atoms with Gasteiger partial charge in [0.2, 0.25) is 0 Å². The van der Waals surface area contributed by atoms with Crippen molar-refractivity contribution in [3.8, 4) is 0 Å². The van der Waals surface area contributed by atoms with Crippen LogP contribution in [-0.4, -0.2) is 29.4 Å². The molecule has 2 aliphatic rings. The van der Waals surface area contributed by atoms with Gasteiger partial charge in [0.05, 0.1) is 6.10 Å². The molecule has 2 aromatic rings. The molecule has 3 atom stereocenters. The van der Waals surface area contributed by atoms with Crippen LogP contribution in [-0.2, 0) is 9.40 Å². The van der Waals surface area contributed by atoms with E-state index in [9.17, 15) is 4.57 Å². The summed E-state index contributed by atoms with van der Waals surface area (Å²) in [5.41, 5.74) is -0.0390. The molecule has 0 radical (unpaired) electrons. The van der Waals surface area contributed by atoms with E-state index in [0.717, 1.165) is 23.6 Å². The fourth-order valence-corrected chi connectivity index (χ4v) is 7.38. The Balaban J connectivity index is 1.70. The molecular weight excluding hydrogens is 329 g/mol. The van der Waals surface area contributed by atoms with E-state index < -0.39 is 7.14 Å². The molecule has 132 valence electrons. The Hall–Kier alpha value is -1.41. The quantitative estimate of drug-likeness (QED) is 0.778. The highest BCUT2D eigenvalue weighted by atomic mass is 31.2. The third-order valence-corrected chi connectivity index (χ3v) is 9.35. The topological polar surface area (TPSA) is 29.5 Å². The van der Waals surface area contributed by atoms with Crippen molar-refractivity contribution in [2.75, 3.05) is 6.54 Å². The molecule has 25 heavy (non-hydrogen) atoms. The fraction of sp³-hybridized carbons (Fsp3) is 0.429. The van der Waals surface area contributed by atoms with Crippen LogP contribution >= 0.6 is 7.14 Å². The summed E-state index contributed by atoms with van der Waals surface area (Å²) in [5, 5.41) is 4.02. The van der Waals surface area contributed by atoms with Crippen molar-refractivity contribution in [2.24, 2.45) is 0 Å². The van der Waals surface area contributed by atoms with Gasteiger partial charge in [-0.05, 0) is 19.3 Å². The van der Waals surface area contributed by atoms with E-state index in [1.54, 1.807) is 0 Å². The van der Waals surface area contributed by atoms with Crippen molar-refractivity contribution in [3.05, 3.63) is 60.7 Å². The smallest absolute Gasteiger partial charge is 0.148 e. The maximum Gasteiger partial charge on any atom is 0.148 e. The fourth-order valence-electron chi connectivity index (χ4n) is 4.27. The van der Waals surface area contributed by atoms with Gasteiger partial charge in [-0.2, -0.15) is 5.06 Å². The van der Waals surface area contributed by atoms with Crippen LogP contribution in [0.2, 0.25) is 0 Å². The Morgan fingerprint density at radius 1 is 1.00 bits per heavy atom. The van der Waals surface area contributed by atoms with E-state index >= 15 is 0 Å². The van der Waals surface area contributed by atoms with E-state index in [-0.39, 0.29) is 11.8 Å². The highest BCUT2D eigenvalue weighted by molar-refractivity contribution is 7.79. The minimum atomic E-state index is -2.77. The monoisotopic (exact) mass is 355 g/mol. The first-order valence-electron chi connectivity index (χ1n) is 9.34. The minimum absolute atomic E-state index is 0.0225. The highest BCUT2D eigenvalue weighted by Gasteiger charge is 2.45. The maximum absolute atomic E-state index is 14.4. The van der Waals surface area contributed by atoms with Crippen LogP contribution in [0, 0.1) is 0 Å². The molecule has 0 N–H and O–H groups in total. The molecule has 2 fully saturated rings. The lowest BCUT2D eigenvalue weighted by Gasteiger charge is -2.30. The largest absolute Gasteiger partial charge is 0.313 e. The Bertz CT molecular complexity index is 692. The first-order valence-corrected chi connectivity index (χ1v) is 11.1. The lowest BCUT2D eigenvalue weighted by molar-refractivity contribution is -0.170. The second-order valence-corrected chi connectivity index (χ2v) is 10.4. The van der Waals surface area contributed by atoms with Gasteiger partial charge in [-0.3, -0.25) is 4.84 Å². The van der Waals surface area contributed by atoms with Gasteiger partial charge >= 0.3 is 0 Å². The number of benzene rings is 2. The standard InChI is InChI=1S/C21H26NO2P/c1-17(21-16-18-10-8-9-15-22(18)24-21)25(23,19-11-4-2-5-12-19)20-13-6-3-7-14-20/h2-7,11-14,17-18,21H,8-10,15-16H2,1H3/t17-,18+,21-/m0/s1. The predicted molar refractivity (Wildman–Crippen MR) is 103 cm³/mol. The average Bonchev–Trinajstić information content (AvgIpc) is 3.12. The molecule has 0 unspecified atom stereocenters. The van der Waals surface area contributed by atoms with Crippen LogP contribution in [0.1, 0.15) is 32.6 Å². The zero-order valence-corrected chi connectivity index (χ0v) is 15.6. The van der Waals surface area contributed by atoms with Crippen molar-refractivity contribution in [1.29, 1.82) is 0 Å². The second kappa shape index (κ2) is 7.07. The molecule has 2 saturated heterocycles. The van der Waals surface area contributed by atoms with E-state index in [1.807, 2.05) is 60.7 Å². The third-order valence-electron chi connectivity index (χ3n) is 5.74. The average molecular weight is 355 g/mol. The second-order valence-electron chi connectivity index (χ2n) is 7.24. The van der Waals surface area contributed by atoms with Crippen molar-refractivity contribution in [3.63, 3.8) is 0 Å². The predicted octanol–water partition coefficient (Wildman–Crippen LogP) is 3.95. The van der Waals surface area contributed by atoms with Crippen molar-refractivity contribution in [2.45, 2.75) is 50.4 Å². The Morgan fingerprint density at radius 2 is 1.60 bits per heavy atom. The summed E-state index contributed by atoms with van der Waals surface area (Å²) in [6, 6.07) is 20.4. The van der Waals surface area contributed by atoms with E-state index in [4.69, 9.17) is 4.84 Å². The van der Waals surface area contributed by atoms with Crippen LogP contribution in [0.15, 0.2) is 60.7 Å². The molecule has 0 saturated carbocycles. The highest BCUT2D eigenvalue weighted by Crippen LogP contribution is 2.52. The molecule has 2 aromatic carbocycles. The van der Waals surface area contributed by atoms with Gasteiger partial charge in [0.25, 0.3) is 0 Å². The number of piperidine rings is 1. The summed E-state index contributed by atoms with van der Waals surface area (Å²) in [5.74, 6) is 0. The van der Waals surface area contributed by atoms with E-state index in [0.29, 0.717) is 6.04 Å².